The number of hydrogen-bond acceptors (Lipinski definition) is 4. The maximum absolute atomic E-state index is 13.1. The third-order valence-electron chi connectivity index (χ3n) is 2.39. The van der Waals surface area contributed by atoms with E-state index in [4.69, 9.17) is 9.84 Å². The molecule has 0 unspecified atom stereocenters. The van der Waals surface area contributed by atoms with Crippen LogP contribution in [0.1, 0.15) is 17.0 Å². The number of aliphatic hydroxyl groups is 1. The van der Waals surface area contributed by atoms with Crippen molar-refractivity contribution in [1.82, 2.24) is 9.97 Å². The van der Waals surface area contributed by atoms with Crippen molar-refractivity contribution < 1.29 is 14.2 Å². The second-order valence-corrected chi connectivity index (χ2v) is 3.95. The van der Waals surface area contributed by atoms with Crippen molar-refractivity contribution in [2.24, 2.45) is 0 Å². The molecule has 2 rings (SSSR count). The summed E-state index contributed by atoms with van der Waals surface area (Å²) < 4.78 is 18.5. The summed E-state index contributed by atoms with van der Waals surface area (Å²) in [5.41, 5.74) is 1.67. The molecule has 1 N–H and O–H groups in total. The quantitative estimate of drug-likeness (QED) is 0.906. The molecular formula is C13H13FN2O2. The Morgan fingerprint density at radius 3 is 2.67 bits per heavy atom. The molecule has 1 aromatic heterocycles. The Morgan fingerprint density at radius 1 is 1.22 bits per heavy atom. The number of aromatic nitrogens is 2. The summed E-state index contributed by atoms with van der Waals surface area (Å²) in [6.07, 6.45) is 0. The second kappa shape index (κ2) is 5.10. The summed E-state index contributed by atoms with van der Waals surface area (Å²) >= 11 is 0. The van der Waals surface area contributed by atoms with Crippen LogP contribution in [-0.4, -0.2) is 15.1 Å². The summed E-state index contributed by atoms with van der Waals surface area (Å²) in [7, 11) is 0. The standard InChI is InChI=1S/C13H13FN2O2/c1-8-5-11(3-4-12(8)14)18-13-15-9(2)6-10(7-17)16-13/h3-6,17H,7H2,1-2H3. The van der Waals surface area contributed by atoms with Crippen LogP contribution in [0, 0.1) is 19.7 Å². The number of ether oxygens (including phenoxy) is 1. The molecule has 0 spiro atoms. The molecule has 0 aliphatic rings. The average molecular weight is 248 g/mol. The van der Waals surface area contributed by atoms with E-state index in [1.807, 2.05) is 0 Å². The van der Waals surface area contributed by atoms with E-state index in [2.05, 4.69) is 9.97 Å². The molecule has 0 aliphatic heterocycles. The minimum absolute atomic E-state index is 0.144. The molecule has 0 fully saturated rings. The summed E-state index contributed by atoms with van der Waals surface area (Å²) in [6, 6.07) is 6.22. The number of aliphatic hydroxyl groups excluding tert-OH is 1. The Morgan fingerprint density at radius 2 is 2.00 bits per heavy atom. The number of halogens is 1. The Labute approximate surface area is 104 Å². The Hall–Kier alpha value is -2.01. The predicted molar refractivity (Wildman–Crippen MR) is 63.9 cm³/mol. The van der Waals surface area contributed by atoms with Crippen LogP contribution < -0.4 is 4.74 Å². The van der Waals surface area contributed by atoms with Crippen LogP contribution in [-0.2, 0) is 6.61 Å². The fraction of sp³-hybridized carbons (Fsp3) is 0.231. The lowest BCUT2D eigenvalue weighted by Crippen LogP contribution is -1.99. The number of rotatable bonds is 3. The van der Waals surface area contributed by atoms with Crippen molar-refractivity contribution in [3.8, 4) is 11.8 Å². The molecule has 4 nitrogen and oxygen atoms in total. The van der Waals surface area contributed by atoms with Gasteiger partial charge in [-0.2, -0.15) is 4.98 Å². The van der Waals surface area contributed by atoms with E-state index in [9.17, 15) is 4.39 Å². The van der Waals surface area contributed by atoms with Gasteiger partial charge in [0.1, 0.15) is 11.6 Å². The summed E-state index contributed by atoms with van der Waals surface area (Å²) in [5.74, 6) is 0.173. The zero-order valence-electron chi connectivity index (χ0n) is 10.1. The molecule has 0 atom stereocenters. The van der Waals surface area contributed by atoms with Gasteiger partial charge in [0.2, 0.25) is 0 Å². The maximum atomic E-state index is 13.1. The molecule has 0 saturated heterocycles. The smallest absolute Gasteiger partial charge is 0.322 e. The Bertz CT molecular complexity index is 573. The minimum atomic E-state index is -0.288. The van der Waals surface area contributed by atoms with Crippen molar-refractivity contribution in [2.45, 2.75) is 20.5 Å². The third kappa shape index (κ3) is 2.81. The number of hydrogen-bond donors (Lipinski definition) is 1. The van der Waals surface area contributed by atoms with E-state index in [1.165, 1.54) is 12.1 Å². The average Bonchev–Trinajstić information content (AvgIpc) is 2.33. The lowest BCUT2D eigenvalue weighted by atomic mass is 10.2. The summed E-state index contributed by atoms with van der Waals surface area (Å²) in [4.78, 5) is 8.11. The van der Waals surface area contributed by atoms with Gasteiger partial charge in [0.05, 0.1) is 12.3 Å². The van der Waals surface area contributed by atoms with Gasteiger partial charge in [-0.15, -0.1) is 0 Å². The highest BCUT2D eigenvalue weighted by Crippen LogP contribution is 2.21. The predicted octanol–water partition coefficient (Wildman–Crippen LogP) is 2.52. The Kier molecular flexibility index (Phi) is 3.53. The van der Waals surface area contributed by atoms with Crippen LogP contribution in [0.25, 0.3) is 0 Å². The first-order valence-corrected chi connectivity index (χ1v) is 5.48. The SMILES string of the molecule is Cc1cc(CO)nc(Oc2ccc(F)c(C)c2)n1. The molecule has 0 bridgehead atoms. The summed E-state index contributed by atoms with van der Waals surface area (Å²) in [5, 5.41) is 9.04. The van der Waals surface area contributed by atoms with Gasteiger partial charge in [-0.05, 0) is 43.7 Å². The zero-order valence-corrected chi connectivity index (χ0v) is 10.1. The van der Waals surface area contributed by atoms with Crippen LogP contribution in [0.4, 0.5) is 4.39 Å². The van der Waals surface area contributed by atoms with Crippen LogP contribution in [0.15, 0.2) is 24.3 Å². The Balaban J connectivity index is 2.27. The zero-order chi connectivity index (χ0) is 13.1. The van der Waals surface area contributed by atoms with Crippen molar-refractivity contribution in [3.63, 3.8) is 0 Å². The molecule has 0 radical (unpaired) electrons. The fourth-order valence-corrected chi connectivity index (χ4v) is 1.52. The normalized spacial score (nSPS) is 10.4. The largest absolute Gasteiger partial charge is 0.424 e. The first-order valence-electron chi connectivity index (χ1n) is 5.48. The molecule has 0 amide bonds. The van der Waals surface area contributed by atoms with E-state index in [0.29, 0.717) is 22.7 Å². The van der Waals surface area contributed by atoms with Gasteiger partial charge in [-0.25, -0.2) is 9.37 Å². The number of aryl methyl sites for hydroxylation is 2. The maximum Gasteiger partial charge on any atom is 0.322 e. The molecule has 1 heterocycles. The molecular weight excluding hydrogens is 235 g/mol. The molecule has 1 aromatic carbocycles. The van der Waals surface area contributed by atoms with Crippen molar-refractivity contribution >= 4 is 0 Å². The molecule has 18 heavy (non-hydrogen) atoms. The molecule has 94 valence electrons. The molecule has 5 heteroatoms. The molecule has 0 aliphatic carbocycles. The van der Waals surface area contributed by atoms with E-state index >= 15 is 0 Å². The third-order valence-corrected chi connectivity index (χ3v) is 2.39. The van der Waals surface area contributed by atoms with E-state index in [1.54, 1.807) is 26.0 Å². The highest BCUT2D eigenvalue weighted by atomic mass is 19.1. The van der Waals surface area contributed by atoms with Gasteiger partial charge in [0, 0.05) is 5.69 Å². The van der Waals surface area contributed by atoms with Crippen LogP contribution >= 0.6 is 0 Å². The monoisotopic (exact) mass is 248 g/mol. The lowest BCUT2D eigenvalue weighted by Gasteiger charge is -2.07. The van der Waals surface area contributed by atoms with Gasteiger partial charge in [0.15, 0.2) is 0 Å². The van der Waals surface area contributed by atoms with Crippen LogP contribution in [0.5, 0.6) is 11.8 Å². The highest BCUT2D eigenvalue weighted by Gasteiger charge is 2.06. The van der Waals surface area contributed by atoms with E-state index < -0.39 is 0 Å². The van der Waals surface area contributed by atoms with E-state index in [-0.39, 0.29) is 18.4 Å². The van der Waals surface area contributed by atoms with Gasteiger partial charge >= 0.3 is 6.01 Å². The van der Waals surface area contributed by atoms with Gasteiger partial charge < -0.3 is 9.84 Å². The first kappa shape index (κ1) is 12.4. The highest BCUT2D eigenvalue weighted by molar-refractivity contribution is 5.31. The molecule has 2 aromatic rings. The molecule has 0 saturated carbocycles. The number of benzene rings is 1. The fourth-order valence-electron chi connectivity index (χ4n) is 1.52. The van der Waals surface area contributed by atoms with E-state index in [0.717, 1.165) is 0 Å². The van der Waals surface area contributed by atoms with Crippen LogP contribution in [0.3, 0.4) is 0 Å². The topological polar surface area (TPSA) is 55.2 Å². The van der Waals surface area contributed by atoms with Crippen molar-refractivity contribution in [1.29, 1.82) is 0 Å². The number of nitrogens with zero attached hydrogens (tertiary/aromatic N) is 2. The first-order chi connectivity index (χ1) is 8.58. The lowest BCUT2D eigenvalue weighted by molar-refractivity contribution is 0.274. The van der Waals surface area contributed by atoms with Crippen LogP contribution in [0.2, 0.25) is 0 Å². The minimum Gasteiger partial charge on any atom is -0.424 e. The van der Waals surface area contributed by atoms with Gasteiger partial charge in [-0.3, -0.25) is 0 Å². The van der Waals surface area contributed by atoms with Gasteiger partial charge in [-0.1, -0.05) is 0 Å². The van der Waals surface area contributed by atoms with Crippen molar-refractivity contribution in [3.05, 3.63) is 47.0 Å². The second-order valence-electron chi connectivity index (χ2n) is 3.95. The van der Waals surface area contributed by atoms with Crippen molar-refractivity contribution in [2.75, 3.05) is 0 Å². The summed E-state index contributed by atoms with van der Waals surface area (Å²) in [6.45, 7) is 3.25. The van der Waals surface area contributed by atoms with Gasteiger partial charge in [0.25, 0.3) is 0 Å².